The van der Waals surface area contributed by atoms with Crippen molar-refractivity contribution >= 4 is 45.6 Å². The maximum atomic E-state index is 13.6. The molecule has 0 heterocycles. The van der Waals surface area contributed by atoms with Crippen LogP contribution in [-0.4, -0.2) is 11.1 Å². The second-order valence-electron chi connectivity index (χ2n) is 3.86. The van der Waals surface area contributed by atoms with E-state index in [4.69, 9.17) is 10.8 Å². The summed E-state index contributed by atoms with van der Waals surface area (Å²) in [5.41, 5.74) is 6.55. The van der Waals surface area contributed by atoms with Crippen molar-refractivity contribution in [1.82, 2.24) is 0 Å². The van der Waals surface area contributed by atoms with Gasteiger partial charge < -0.3 is 16.2 Å². The summed E-state index contributed by atoms with van der Waals surface area (Å²) in [6.45, 7) is 0. The summed E-state index contributed by atoms with van der Waals surface area (Å²) >= 11 is 2.15. The maximum absolute atomic E-state index is 13.6. The van der Waals surface area contributed by atoms with Crippen LogP contribution in [0.1, 0.15) is 10.4 Å². The van der Waals surface area contributed by atoms with Crippen LogP contribution in [0.25, 0.3) is 0 Å². The molecule has 2 aromatic carbocycles. The molecule has 2 rings (SSSR count). The molecular weight excluding hydrogens is 362 g/mol. The van der Waals surface area contributed by atoms with Gasteiger partial charge in [-0.05, 0) is 46.9 Å². The van der Waals surface area contributed by atoms with Crippen molar-refractivity contribution in [1.29, 1.82) is 0 Å². The summed E-state index contributed by atoms with van der Waals surface area (Å²) in [6.07, 6.45) is 0. The van der Waals surface area contributed by atoms with E-state index in [1.165, 1.54) is 0 Å². The molecule has 19 heavy (non-hydrogen) atoms. The normalized spacial score (nSPS) is 10.2. The van der Waals surface area contributed by atoms with Crippen LogP contribution in [-0.2, 0) is 0 Å². The SMILES string of the molecule is Nc1cc(C(=O)O)c(F)cc1Nc1cccc(I)c1. The number of nitrogen functional groups attached to an aromatic ring is 1. The van der Waals surface area contributed by atoms with Gasteiger partial charge in [-0.25, -0.2) is 9.18 Å². The Balaban J connectivity index is 2.36. The van der Waals surface area contributed by atoms with Crippen molar-refractivity contribution in [2.24, 2.45) is 0 Å². The lowest BCUT2D eigenvalue weighted by atomic mass is 10.1. The Labute approximate surface area is 122 Å². The van der Waals surface area contributed by atoms with Gasteiger partial charge in [-0.1, -0.05) is 6.07 Å². The number of carboxylic acid groups (broad SMARTS) is 1. The van der Waals surface area contributed by atoms with Gasteiger partial charge in [0.15, 0.2) is 0 Å². The highest BCUT2D eigenvalue weighted by Gasteiger charge is 2.13. The molecule has 6 heteroatoms. The minimum atomic E-state index is -1.34. The van der Waals surface area contributed by atoms with E-state index in [0.29, 0.717) is 5.69 Å². The molecular formula is C13H10FIN2O2. The van der Waals surface area contributed by atoms with Crippen LogP contribution in [0, 0.1) is 9.39 Å². The maximum Gasteiger partial charge on any atom is 0.338 e. The van der Waals surface area contributed by atoms with Crippen molar-refractivity contribution in [3.8, 4) is 0 Å². The van der Waals surface area contributed by atoms with E-state index in [1.807, 2.05) is 24.3 Å². The number of hydrogen-bond acceptors (Lipinski definition) is 3. The lowest BCUT2D eigenvalue weighted by Gasteiger charge is -2.11. The number of aromatic carboxylic acids is 1. The predicted molar refractivity (Wildman–Crippen MR) is 80.2 cm³/mol. The second kappa shape index (κ2) is 5.43. The lowest BCUT2D eigenvalue weighted by Crippen LogP contribution is -2.05. The smallest absolute Gasteiger partial charge is 0.338 e. The molecule has 0 saturated carbocycles. The Hall–Kier alpha value is -1.83. The molecule has 0 atom stereocenters. The van der Waals surface area contributed by atoms with Crippen LogP contribution in [0.2, 0.25) is 0 Å². The summed E-state index contributed by atoms with van der Waals surface area (Å²) in [4.78, 5) is 10.8. The first-order valence-corrected chi connectivity index (χ1v) is 6.40. The summed E-state index contributed by atoms with van der Waals surface area (Å²) in [7, 11) is 0. The average Bonchev–Trinajstić information content (AvgIpc) is 2.33. The number of rotatable bonds is 3. The Morgan fingerprint density at radius 1 is 1.32 bits per heavy atom. The fourth-order valence-corrected chi connectivity index (χ4v) is 2.13. The standard InChI is InChI=1S/C13H10FIN2O2/c14-10-6-12(11(16)5-9(10)13(18)19)17-8-3-1-2-7(15)4-8/h1-6,17H,16H2,(H,18,19). The third-order valence-electron chi connectivity index (χ3n) is 2.47. The van der Waals surface area contributed by atoms with Crippen molar-refractivity contribution < 1.29 is 14.3 Å². The molecule has 0 bridgehead atoms. The highest BCUT2D eigenvalue weighted by molar-refractivity contribution is 14.1. The van der Waals surface area contributed by atoms with Crippen LogP contribution >= 0.6 is 22.6 Å². The Morgan fingerprint density at radius 3 is 2.68 bits per heavy atom. The van der Waals surface area contributed by atoms with E-state index in [9.17, 15) is 9.18 Å². The highest BCUT2D eigenvalue weighted by atomic mass is 127. The molecule has 0 amide bonds. The third kappa shape index (κ3) is 3.14. The molecule has 0 unspecified atom stereocenters. The predicted octanol–water partition coefficient (Wildman–Crippen LogP) is 3.45. The van der Waals surface area contributed by atoms with Gasteiger partial charge in [0.25, 0.3) is 0 Å². The number of carbonyl (C=O) groups is 1. The number of anilines is 3. The first kappa shape index (κ1) is 13.6. The molecule has 98 valence electrons. The van der Waals surface area contributed by atoms with Gasteiger partial charge in [-0.2, -0.15) is 0 Å². The minimum absolute atomic E-state index is 0.178. The summed E-state index contributed by atoms with van der Waals surface area (Å²) in [5.74, 6) is -2.17. The van der Waals surface area contributed by atoms with E-state index in [1.54, 1.807) is 0 Å². The van der Waals surface area contributed by atoms with E-state index < -0.39 is 17.3 Å². The molecule has 2 aromatic rings. The van der Waals surface area contributed by atoms with Crippen molar-refractivity contribution in [3.63, 3.8) is 0 Å². The fraction of sp³-hybridized carbons (Fsp3) is 0. The zero-order valence-corrected chi connectivity index (χ0v) is 11.8. The van der Waals surface area contributed by atoms with Crippen LogP contribution in [0.15, 0.2) is 36.4 Å². The Morgan fingerprint density at radius 2 is 2.05 bits per heavy atom. The minimum Gasteiger partial charge on any atom is -0.478 e. The molecule has 0 aromatic heterocycles. The molecule has 4 nitrogen and oxygen atoms in total. The largest absolute Gasteiger partial charge is 0.478 e. The molecule has 0 aliphatic rings. The van der Waals surface area contributed by atoms with Crippen LogP contribution < -0.4 is 11.1 Å². The third-order valence-corrected chi connectivity index (χ3v) is 3.14. The average molecular weight is 372 g/mol. The fourth-order valence-electron chi connectivity index (χ4n) is 1.58. The number of halogens is 2. The van der Waals surface area contributed by atoms with Crippen LogP contribution in [0.3, 0.4) is 0 Å². The van der Waals surface area contributed by atoms with Crippen LogP contribution in [0.5, 0.6) is 0 Å². The first-order valence-electron chi connectivity index (χ1n) is 5.32. The zero-order chi connectivity index (χ0) is 14.0. The topological polar surface area (TPSA) is 75.4 Å². The molecule has 4 N–H and O–H groups in total. The second-order valence-corrected chi connectivity index (χ2v) is 5.11. The van der Waals surface area contributed by atoms with Gasteiger partial charge >= 0.3 is 5.97 Å². The first-order chi connectivity index (χ1) is 8.97. The summed E-state index contributed by atoms with van der Waals surface area (Å²) in [6, 6.07) is 9.63. The van der Waals surface area contributed by atoms with Crippen LogP contribution in [0.4, 0.5) is 21.5 Å². The van der Waals surface area contributed by atoms with Gasteiger partial charge in [0.2, 0.25) is 0 Å². The summed E-state index contributed by atoms with van der Waals surface area (Å²) < 4.78 is 14.6. The van der Waals surface area contributed by atoms with Gasteiger partial charge in [-0.15, -0.1) is 0 Å². The number of benzene rings is 2. The molecule has 0 fully saturated rings. The molecule has 0 radical (unpaired) electrons. The van der Waals surface area contributed by atoms with Crippen molar-refractivity contribution in [3.05, 3.63) is 51.3 Å². The van der Waals surface area contributed by atoms with E-state index in [0.717, 1.165) is 21.4 Å². The lowest BCUT2D eigenvalue weighted by molar-refractivity contribution is 0.0692. The van der Waals surface area contributed by atoms with Crippen molar-refractivity contribution in [2.45, 2.75) is 0 Å². The van der Waals surface area contributed by atoms with Crippen molar-refractivity contribution in [2.75, 3.05) is 11.1 Å². The summed E-state index contributed by atoms with van der Waals surface area (Å²) in [5, 5.41) is 11.7. The van der Waals surface area contributed by atoms with Gasteiger partial charge in [0.05, 0.1) is 16.9 Å². The van der Waals surface area contributed by atoms with E-state index in [2.05, 4.69) is 27.9 Å². The quantitative estimate of drug-likeness (QED) is 0.570. The Kier molecular flexibility index (Phi) is 3.89. The van der Waals surface area contributed by atoms with Gasteiger partial charge in [-0.3, -0.25) is 0 Å². The molecule has 0 spiro atoms. The van der Waals surface area contributed by atoms with E-state index in [-0.39, 0.29) is 5.69 Å². The molecule has 0 saturated heterocycles. The zero-order valence-electron chi connectivity index (χ0n) is 9.65. The van der Waals surface area contributed by atoms with Gasteiger partial charge in [0, 0.05) is 15.3 Å². The Bertz CT molecular complexity index is 647. The van der Waals surface area contributed by atoms with E-state index >= 15 is 0 Å². The number of carboxylic acids is 1. The number of nitrogens with one attached hydrogen (secondary N) is 1. The number of nitrogens with two attached hydrogens (primary N) is 1. The molecule has 0 aliphatic heterocycles. The monoisotopic (exact) mass is 372 g/mol. The molecule has 0 aliphatic carbocycles. The number of hydrogen-bond donors (Lipinski definition) is 3. The highest BCUT2D eigenvalue weighted by Crippen LogP contribution is 2.27. The van der Waals surface area contributed by atoms with Gasteiger partial charge in [0.1, 0.15) is 5.82 Å².